The van der Waals surface area contributed by atoms with Gasteiger partial charge in [0, 0.05) is 12.1 Å². The number of nitriles is 1. The van der Waals surface area contributed by atoms with Gasteiger partial charge in [-0.25, -0.2) is 4.98 Å². The number of nitro groups is 1. The summed E-state index contributed by atoms with van der Waals surface area (Å²) in [5, 5.41) is 23.2. The van der Waals surface area contributed by atoms with Gasteiger partial charge >= 0.3 is 0 Å². The Morgan fingerprint density at radius 1 is 1.21 bits per heavy atom. The van der Waals surface area contributed by atoms with Crippen LogP contribution in [0.3, 0.4) is 0 Å². The molecule has 9 nitrogen and oxygen atoms in total. The number of hydrogen-bond acceptors (Lipinski definition) is 7. The van der Waals surface area contributed by atoms with Crippen molar-refractivity contribution < 1.29 is 14.5 Å². The SMILES string of the molecule is COc1ccccc1-n1c(S[C@H](C)C(=O)Nc2ccccc2C#N)nc2cc([N+](=O)[O-])ccc21. The zero-order valence-electron chi connectivity index (χ0n) is 18.3. The Labute approximate surface area is 199 Å². The van der Waals surface area contributed by atoms with Gasteiger partial charge in [-0.05, 0) is 37.3 Å². The molecule has 0 fully saturated rings. The van der Waals surface area contributed by atoms with Crippen molar-refractivity contribution in [1.29, 1.82) is 5.26 Å². The molecule has 4 rings (SSSR count). The lowest BCUT2D eigenvalue weighted by atomic mass is 10.2. The van der Waals surface area contributed by atoms with E-state index in [9.17, 15) is 20.2 Å². The lowest BCUT2D eigenvalue weighted by molar-refractivity contribution is -0.384. The summed E-state index contributed by atoms with van der Waals surface area (Å²) in [6, 6.07) is 20.6. The van der Waals surface area contributed by atoms with Crippen LogP contribution in [-0.2, 0) is 4.79 Å². The average Bonchev–Trinajstić information content (AvgIpc) is 3.20. The summed E-state index contributed by atoms with van der Waals surface area (Å²) in [6.07, 6.45) is 0. The van der Waals surface area contributed by atoms with Crippen LogP contribution in [0.25, 0.3) is 16.7 Å². The summed E-state index contributed by atoms with van der Waals surface area (Å²) in [7, 11) is 1.55. The number of para-hydroxylation sites is 3. The van der Waals surface area contributed by atoms with Gasteiger partial charge in [0.2, 0.25) is 5.91 Å². The summed E-state index contributed by atoms with van der Waals surface area (Å²) in [5.74, 6) is 0.277. The first-order valence-electron chi connectivity index (χ1n) is 10.2. The van der Waals surface area contributed by atoms with Gasteiger partial charge in [0.15, 0.2) is 5.16 Å². The number of amides is 1. The quantitative estimate of drug-likeness (QED) is 0.229. The molecule has 0 unspecified atom stereocenters. The first-order valence-corrected chi connectivity index (χ1v) is 11.1. The molecule has 0 aliphatic carbocycles. The van der Waals surface area contributed by atoms with Gasteiger partial charge in [0.1, 0.15) is 11.8 Å². The number of thioether (sulfide) groups is 1. The van der Waals surface area contributed by atoms with Crippen molar-refractivity contribution in [2.24, 2.45) is 0 Å². The van der Waals surface area contributed by atoms with Gasteiger partial charge in [0.05, 0.1) is 45.3 Å². The summed E-state index contributed by atoms with van der Waals surface area (Å²) in [6.45, 7) is 1.73. The van der Waals surface area contributed by atoms with Crippen LogP contribution in [-0.4, -0.2) is 32.7 Å². The molecule has 10 heteroatoms. The number of carbonyl (C=O) groups is 1. The highest BCUT2D eigenvalue weighted by Crippen LogP contribution is 2.35. The number of fused-ring (bicyclic) bond motifs is 1. The van der Waals surface area contributed by atoms with Crippen molar-refractivity contribution in [3.05, 3.63) is 82.4 Å². The number of imidazole rings is 1. The number of hydrogen-bond donors (Lipinski definition) is 1. The smallest absolute Gasteiger partial charge is 0.271 e. The number of aromatic nitrogens is 2. The highest BCUT2D eigenvalue weighted by atomic mass is 32.2. The second-order valence-electron chi connectivity index (χ2n) is 7.24. The standard InChI is InChI=1S/C24H19N5O4S/c1-15(23(30)26-18-8-4-3-7-16(18)14-25)34-24-27-19-13-17(29(31)32)11-12-20(19)28(24)21-9-5-6-10-22(21)33-2/h3-13,15H,1-2H3,(H,26,30)/t15-/m1/s1. The molecule has 3 aromatic carbocycles. The van der Waals surface area contributed by atoms with Crippen molar-refractivity contribution in [1.82, 2.24) is 9.55 Å². The van der Waals surface area contributed by atoms with E-state index < -0.39 is 10.2 Å². The minimum Gasteiger partial charge on any atom is -0.495 e. The number of non-ortho nitro benzene ring substituents is 1. The number of rotatable bonds is 7. The fraction of sp³-hybridized carbons (Fsp3) is 0.125. The average molecular weight is 474 g/mol. The van der Waals surface area contributed by atoms with Crippen molar-refractivity contribution in [2.45, 2.75) is 17.3 Å². The summed E-state index contributed by atoms with van der Waals surface area (Å²) in [5.41, 5.74) is 2.46. The third-order valence-electron chi connectivity index (χ3n) is 5.10. The molecule has 170 valence electrons. The second kappa shape index (κ2) is 9.64. The maximum absolute atomic E-state index is 12.9. The molecule has 0 saturated carbocycles. The van der Waals surface area contributed by atoms with Gasteiger partial charge < -0.3 is 10.1 Å². The van der Waals surface area contributed by atoms with E-state index in [4.69, 9.17) is 4.74 Å². The van der Waals surface area contributed by atoms with Crippen LogP contribution in [0.1, 0.15) is 12.5 Å². The van der Waals surface area contributed by atoms with Crippen molar-refractivity contribution >= 4 is 40.1 Å². The number of methoxy groups -OCH3 is 1. The fourth-order valence-electron chi connectivity index (χ4n) is 3.42. The van der Waals surface area contributed by atoms with E-state index in [1.54, 1.807) is 50.4 Å². The van der Waals surface area contributed by atoms with Crippen LogP contribution in [0.15, 0.2) is 71.9 Å². The van der Waals surface area contributed by atoms with E-state index in [1.165, 1.54) is 23.9 Å². The highest BCUT2D eigenvalue weighted by molar-refractivity contribution is 8.00. The van der Waals surface area contributed by atoms with Crippen molar-refractivity contribution in [3.8, 4) is 17.5 Å². The van der Waals surface area contributed by atoms with Crippen LogP contribution in [0, 0.1) is 21.4 Å². The number of nitro benzene ring substituents is 1. The van der Waals surface area contributed by atoms with E-state index in [0.29, 0.717) is 38.9 Å². The molecule has 0 bridgehead atoms. The third kappa shape index (κ3) is 4.42. The Morgan fingerprint density at radius 2 is 1.94 bits per heavy atom. The second-order valence-corrected chi connectivity index (χ2v) is 8.55. The maximum Gasteiger partial charge on any atom is 0.271 e. The van der Waals surface area contributed by atoms with Crippen LogP contribution in [0.5, 0.6) is 5.75 Å². The zero-order chi connectivity index (χ0) is 24.2. The fourth-order valence-corrected chi connectivity index (χ4v) is 4.36. The number of carbonyl (C=O) groups excluding carboxylic acids is 1. The molecule has 0 spiro atoms. The monoisotopic (exact) mass is 473 g/mol. The normalized spacial score (nSPS) is 11.6. The van der Waals surface area contributed by atoms with Crippen LogP contribution in [0.2, 0.25) is 0 Å². The van der Waals surface area contributed by atoms with Crippen LogP contribution >= 0.6 is 11.8 Å². The van der Waals surface area contributed by atoms with E-state index in [-0.39, 0.29) is 11.6 Å². The van der Waals surface area contributed by atoms with Crippen LogP contribution in [0.4, 0.5) is 11.4 Å². The Bertz CT molecular complexity index is 1440. The van der Waals surface area contributed by atoms with Gasteiger partial charge in [-0.3, -0.25) is 19.5 Å². The predicted octanol–water partition coefficient (Wildman–Crippen LogP) is 4.93. The van der Waals surface area contributed by atoms with Crippen LogP contribution < -0.4 is 10.1 Å². The molecule has 0 aliphatic rings. The largest absolute Gasteiger partial charge is 0.495 e. The summed E-state index contributed by atoms with van der Waals surface area (Å²) in [4.78, 5) is 28.3. The summed E-state index contributed by atoms with van der Waals surface area (Å²) < 4.78 is 7.33. The van der Waals surface area contributed by atoms with Gasteiger partial charge in [-0.15, -0.1) is 0 Å². The molecule has 1 N–H and O–H groups in total. The molecule has 34 heavy (non-hydrogen) atoms. The molecule has 0 saturated heterocycles. The van der Waals surface area contributed by atoms with E-state index in [1.807, 2.05) is 22.8 Å². The number of nitrogens with zero attached hydrogens (tertiary/aromatic N) is 4. The Balaban J connectivity index is 1.74. The number of nitrogens with one attached hydrogen (secondary N) is 1. The first kappa shape index (κ1) is 22.8. The molecule has 0 radical (unpaired) electrons. The van der Waals surface area contributed by atoms with Gasteiger partial charge in [-0.2, -0.15) is 5.26 Å². The summed E-state index contributed by atoms with van der Waals surface area (Å²) >= 11 is 1.20. The Hall–Kier alpha value is -4.36. The van der Waals surface area contributed by atoms with E-state index >= 15 is 0 Å². The maximum atomic E-state index is 12.9. The molecule has 0 aliphatic heterocycles. The molecular weight excluding hydrogens is 454 g/mol. The molecule has 1 heterocycles. The van der Waals surface area contributed by atoms with Gasteiger partial charge in [-0.1, -0.05) is 36.0 Å². The number of benzene rings is 3. The minimum absolute atomic E-state index is 0.0763. The lowest BCUT2D eigenvalue weighted by Gasteiger charge is -2.15. The van der Waals surface area contributed by atoms with Crippen molar-refractivity contribution in [2.75, 3.05) is 12.4 Å². The third-order valence-corrected chi connectivity index (χ3v) is 6.15. The molecule has 1 atom stereocenters. The first-order chi connectivity index (χ1) is 16.4. The molecule has 1 amide bonds. The Morgan fingerprint density at radius 3 is 2.68 bits per heavy atom. The zero-order valence-corrected chi connectivity index (χ0v) is 19.1. The highest BCUT2D eigenvalue weighted by Gasteiger charge is 2.23. The molecular formula is C24H19N5O4S. The van der Waals surface area contributed by atoms with E-state index in [0.717, 1.165) is 0 Å². The topological polar surface area (TPSA) is 123 Å². The van der Waals surface area contributed by atoms with Crippen molar-refractivity contribution in [3.63, 3.8) is 0 Å². The molecule has 4 aromatic rings. The predicted molar refractivity (Wildman–Crippen MR) is 129 cm³/mol. The molecule has 1 aromatic heterocycles. The Kier molecular flexibility index (Phi) is 6.47. The number of anilines is 1. The van der Waals surface area contributed by atoms with E-state index in [2.05, 4.69) is 16.4 Å². The minimum atomic E-state index is -0.591. The van der Waals surface area contributed by atoms with Gasteiger partial charge in [0.25, 0.3) is 5.69 Å². The number of ether oxygens (including phenoxy) is 1. The lowest BCUT2D eigenvalue weighted by Crippen LogP contribution is -2.23.